The number of anilines is 1. The lowest BCUT2D eigenvalue weighted by molar-refractivity contribution is -0.117. The molecule has 0 aliphatic heterocycles. The maximum atomic E-state index is 12.4. The quantitative estimate of drug-likeness (QED) is 0.824. The van der Waals surface area contributed by atoms with Crippen LogP contribution in [0.25, 0.3) is 0 Å². The molecule has 1 aromatic heterocycles. The Labute approximate surface area is 128 Å². The molecule has 0 N–H and O–H groups in total. The molecule has 0 fully saturated rings. The van der Waals surface area contributed by atoms with Crippen LogP contribution in [0.3, 0.4) is 0 Å². The monoisotopic (exact) mass is 323 g/mol. The van der Waals surface area contributed by atoms with Gasteiger partial charge in [0.25, 0.3) is 0 Å². The lowest BCUT2D eigenvalue weighted by Gasteiger charge is -2.21. The lowest BCUT2D eigenvalue weighted by atomic mass is 10.3. The van der Waals surface area contributed by atoms with E-state index in [-0.39, 0.29) is 5.89 Å². The summed E-state index contributed by atoms with van der Waals surface area (Å²) in [6, 6.07) is 8.84. The summed E-state index contributed by atoms with van der Waals surface area (Å²) in [6.07, 6.45) is 0. The Morgan fingerprint density at radius 2 is 1.95 bits per heavy atom. The van der Waals surface area contributed by atoms with Crippen LogP contribution in [-0.2, 0) is 20.4 Å². The van der Waals surface area contributed by atoms with Crippen molar-refractivity contribution < 1.29 is 17.7 Å². The molecule has 1 heterocycles. The van der Waals surface area contributed by atoms with E-state index in [2.05, 4.69) is 10.1 Å². The highest BCUT2D eigenvalue weighted by Crippen LogP contribution is 2.17. The first kappa shape index (κ1) is 16.2. The first-order valence-corrected chi connectivity index (χ1v) is 8.36. The molecule has 0 spiro atoms. The molecular formula is C14H17N3O4S. The number of hydrogen-bond acceptors (Lipinski definition) is 6. The summed E-state index contributed by atoms with van der Waals surface area (Å²) in [7, 11) is -2.20. The molecule has 1 amide bonds. The van der Waals surface area contributed by atoms with Gasteiger partial charge in [-0.3, -0.25) is 4.79 Å². The fourth-order valence-electron chi connectivity index (χ4n) is 1.90. The number of hydrogen-bond donors (Lipinski definition) is 0. The van der Waals surface area contributed by atoms with Gasteiger partial charge in [0.1, 0.15) is 11.0 Å². The van der Waals surface area contributed by atoms with Crippen molar-refractivity contribution in [3.05, 3.63) is 42.0 Å². The molecule has 22 heavy (non-hydrogen) atoms. The molecule has 2 aromatic rings. The van der Waals surface area contributed by atoms with E-state index in [1.807, 2.05) is 6.07 Å². The smallest absolute Gasteiger partial charge is 0.244 e. The molecule has 118 valence electrons. The fraction of sp³-hybridized carbons (Fsp3) is 0.357. The first-order chi connectivity index (χ1) is 10.3. The largest absolute Gasteiger partial charge is 0.338 e. The Hall–Kier alpha value is -2.22. The maximum absolute atomic E-state index is 12.4. The standard InChI is InChI=1S/C14H17N3O4S/c1-10(14(18)17(3)12-7-5-4-6-8-12)22(19,20)9-13-15-11(2)16-21-13/h4-8,10H,9H2,1-3H3/t10-/m0/s1. The number of benzene rings is 1. The average Bonchev–Trinajstić information content (AvgIpc) is 2.90. The van der Waals surface area contributed by atoms with E-state index in [0.29, 0.717) is 11.5 Å². The highest BCUT2D eigenvalue weighted by atomic mass is 32.2. The van der Waals surface area contributed by atoms with Gasteiger partial charge in [-0.05, 0) is 26.0 Å². The van der Waals surface area contributed by atoms with E-state index in [4.69, 9.17) is 4.52 Å². The molecule has 8 heteroatoms. The van der Waals surface area contributed by atoms with E-state index < -0.39 is 26.7 Å². The summed E-state index contributed by atoms with van der Waals surface area (Å²) in [5, 5.41) is 2.34. The lowest BCUT2D eigenvalue weighted by Crippen LogP contribution is -2.39. The Kier molecular flexibility index (Phi) is 4.60. The van der Waals surface area contributed by atoms with E-state index in [0.717, 1.165) is 0 Å². The normalized spacial score (nSPS) is 12.9. The number of sulfone groups is 1. The van der Waals surface area contributed by atoms with E-state index in [1.54, 1.807) is 38.2 Å². The molecule has 0 unspecified atom stereocenters. The van der Waals surface area contributed by atoms with Gasteiger partial charge in [0.05, 0.1) is 0 Å². The second-order valence-electron chi connectivity index (χ2n) is 4.92. The van der Waals surface area contributed by atoms with Crippen molar-refractivity contribution in [2.24, 2.45) is 0 Å². The predicted molar refractivity (Wildman–Crippen MR) is 81.0 cm³/mol. The molecule has 2 rings (SSSR count). The summed E-state index contributed by atoms with van der Waals surface area (Å²) in [5.41, 5.74) is 0.628. The van der Waals surface area contributed by atoms with Crippen molar-refractivity contribution in [3.63, 3.8) is 0 Å². The number of para-hydroxylation sites is 1. The Morgan fingerprint density at radius 1 is 1.32 bits per heavy atom. The van der Waals surface area contributed by atoms with E-state index in [9.17, 15) is 13.2 Å². The minimum atomic E-state index is -3.74. The topological polar surface area (TPSA) is 93.4 Å². The van der Waals surface area contributed by atoms with Gasteiger partial charge >= 0.3 is 0 Å². The van der Waals surface area contributed by atoms with Crippen LogP contribution in [0.1, 0.15) is 18.6 Å². The Morgan fingerprint density at radius 3 is 2.50 bits per heavy atom. The third-order valence-corrected chi connectivity index (χ3v) is 5.18. The predicted octanol–water partition coefficient (Wildman–Crippen LogP) is 1.34. The number of aryl methyl sites for hydroxylation is 1. The van der Waals surface area contributed by atoms with Gasteiger partial charge in [-0.15, -0.1) is 0 Å². The van der Waals surface area contributed by atoms with Crippen LogP contribution in [0.15, 0.2) is 34.9 Å². The van der Waals surface area contributed by atoms with Crippen LogP contribution in [0.2, 0.25) is 0 Å². The molecule has 0 bridgehead atoms. The van der Waals surface area contributed by atoms with Crippen molar-refractivity contribution in [1.82, 2.24) is 10.1 Å². The zero-order valence-corrected chi connectivity index (χ0v) is 13.4. The summed E-state index contributed by atoms with van der Waals surface area (Å²) in [6.45, 7) is 2.96. The number of amides is 1. The van der Waals surface area contributed by atoms with Crippen LogP contribution >= 0.6 is 0 Å². The summed E-state index contributed by atoms with van der Waals surface area (Å²) >= 11 is 0. The summed E-state index contributed by atoms with van der Waals surface area (Å²) in [5.74, 6) is -0.629. The maximum Gasteiger partial charge on any atom is 0.244 e. The van der Waals surface area contributed by atoms with Crippen molar-refractivity contribution >= 4 is 21.4 Å². The molecule has 0 aliphatic rings. The molecule has 7 nitrogen and oxygen atoms in total. The van der Waals surface area contributed by atoms with Crippen molar-refractivity contribution in [1.29, 1.82) is 0 Å². The molecule has 1 atom stereocenters. The molecule has 0 saturated carbocycles. The number of nitrogens with zero attached hydrogens (tertiary/aromatic N) is 3. The van der Waals surface area contributed by atoms with Gasteiger partial charge in [0.2, 0.25) is 11.8 Å². The second kappa shape index (κ2) is 6.27. The minimum absolute atomic E-state index is 0.0143. The van der Waals surface area contributed by atoms with Crippen LogP contribution in [0.5, 0.6) is 0 Å². The van der Waals surface area contributed by atoms with Gasteiger partial charge in [-0.2, -0.15) is 4.98 Å². The third kappa shape index (κ3) is 3.51. The van der Waals surface area contributed by atoms with Gasteiger partial charge in [-0.1, -0.05) is 23.4 Å². The SMILES string of the molecule is Cc1noc(CS(=O)(=O)[C@@H](C)C(=O)N(C)c2ccccc2)n1. The summed E-state index contributed by atoms with van der Waals surface area (Å²) < 4.78 is 29.4. The van der Waals surface area contributed by atoms with Crippen LogP contribution < -0.4 is 4.90 Å². The highest BCUT2D eigenvalue weighted by Gasteiger charge is 2.32. The van der Waals surface area contributed by atoms with Crippen molar-refractivity contribution in [3.8, 4) is 0 Å². The molecule has 0 saturated heterocycles. The van der Waals surface area contributed by atoms with Gasteiger partial charge in [0.15, 0.2) is 15.7 Å². The summed E-state index contributed by atoms with van der Waals surface area (Å²) in [4.78, 5) is 17.5. The average molecular weight is 323 g/mol. The number of carbonyl (C=O) groups excluding carboxylic acids is 1. The second-order valence-corrected chi connectivity index (χ2v) is 7.24. The van der Waals surface area contributed by atoms with Crippen LogP contribution in [0.4, 0.5) is 5.69 Å². The van der Waals surface area contributed by atoms with Gasteiger partial charge in [0, 0.05) is 12.7 Å². The Bertz CT molecular complexity index is 755. The van der Waals surface area contributed by atoms with Crippen molar-refractivity contribution in [2.75, 3.05) is 11.9 Å². The van der Waals surface area contributed by atoms with Crippen LogP contribution in [0, 0.1) is 6.92 Å². The molecular weight excluding hydrogens is 306 g/mol. The van der Waals surface area contributed by atoms with Crippen molar-refractivity contribution in [2.45, 2.75) is 24.9 Å². The molecule has 0 aliphatic carbocycles. The van der Waals surface area contributed by atoms with Crippen LogP contribution in [-0.4, -0.2) is 36.8 Å². The molecule has 0 radical (unpaired) electrons. The van der Waals surface area contributed by atoms with E-state index >= 15 is 0 Å². The zero-order valence-electron chi connectivity index (χ0n) is 12.6. The number of aromatic nitrogens is 2. The van der Waals surface area contributed by atoms with E-state index in [1.165, 1.54) is 11.8 Å². The molecule has 1 aromatic carbocycles. The van der Waals surface area contributed by atoms with Gasteiger partial charge < -0.3 is 9.42 Å². The Balaban J connectivity index is 2.15. The minimum Gasteiger partial charge on any atom is -0.338 e. The number of rotatable bonds is 5. The first-order valence-electron chi connectivity index (χ1n) is 6.64. The zero-order chi connectivity index (χ0) is 16.3. The third-order valence-electron chi connectivity index (χ3n) is 3.25. The number of carbonyl (C=O) groups is 1. The fourth-order valence-corrected chi connectivity index (χ4v) is 3.08. The highest BCUT2D eigenvalue weighted by molar-refractivity contribution is 7.92. The van der Waals surface area contributed by atoms with Gasteiger partial charge in [-0.25, -0.2) is 8.42 Å².